The lowest BCUT2D eigenvalue weighted by Gasteiger charge is -2.33. The quantitative estimate of drug-likeness (QED) is 0.825. The fraction of sp³-hybridized carbons (Fsp3) is 0.789. The van der Waals surface area contributed by atoms with E-state index in [-0.39, 0.29) is 23.8 Å². The molecule has 0 aromatic rings. The van der Waals surface area contributed by atoms with Crippen LogP contribution in [0.4, 0.5) is 0 Å². The number of nitrogens with one attached hydrogen (secondary N) is 1. The summed E-state index contributed by atoms with van der Waals surface area (Å²) in [5, 5.41) is 21.8. The summed E-state index contributed by atoms with van der Waals surface area (Å²) in [6.07, 6.45) is 5.38. The standard InChI is InChI=1S/C19H28N4O2/c1-18(2,3)16(24)10-19(8-4-5-9-19)22-13-17(25)23-14(11-20)6-7-15(23)12-21/h14-15,22H,4-10,13H2,1-3H3/t14-,15+. The summed E-state index contributed by atoms with van der Waals surface area (Å²) in [5.74, 6) is -0.0228. The summed E-state index contributed by atoms with van der Waals surface area (Å²) in [4.78, 5) is 26.6. The number of carbonyl (C=O) groups is 2. The van der Waals surface area contributed by atoms with Crippen molar-refractivity contribution < 1.29 is 9.59 Å². The molecule has 1 heterocycles. The molecule has 0 aromatic carbocycles. The van der Waals surface area contributed by atoms with Crippen LogP contribution < -0.4 is 5.32 Å². The van der Waals surface area contributed by atoms with Crippen LogP contribution in [0.25, 0.3) is 0 Å². The maximum atomic E-state index is 12.6. The molecule has 0 unspecified atom stereocenters. The Kier molecular flexibility index (Phi) is 5.85. The molecule has 0 spiro atoms. The third kappa shape index (κ3) is 4.38. The van der Waals surface area contributed by atoms with Crippen LogP contribution in [-0.2, 0) is 9.59 Å². The summed E-state index contributed by atoms with van der Waals surface area (Å²) < 4.78 is 0. The maximum absolute atomic E-state index is 12.6. The van der Waals surface area contributed by atoms with Crippen molar-refractivity contribution in [3.05, 3.63) is 0 Å². The summed E-state index contributed by atoms with van der Waals surface area (Å²) >= 11 is 0. The largest absolute Gasteiger partial charge is 0.310 e. The van der Waals surface area contributed by atoms with Crippen LogP contribution in [0.3, 0.4) is 0 Å². The van der Waals surface area contributed by atoms with E-state index in [1.54, 1.807) is 0 Å². The highest BCUT2D eigenvalue weighted by molar-refractivity contribution is 5.85. The van der Waals surface area contributed by atoms with E-state index < -0.39 is 17.5 Å². The number of nitrogens with zero attached hydrogens (tertiary/aromatic N) is 3. The lowest BCUT2D eigenvalue weighted by molar-refractivity contribution is -0.133. The SMILES string of the molecule is CC(C)(C)C(=O)CC1(NCC(=O)N2[C@H](C#N)CC[C@@H]2C#N)CCCC1. The fourth-order valence-corrected chi connectivity index (χ4v) is 3.81. The van der Waals surface area contributed by atoms with E-state index in [0.717, 1.165) is 25.7 Å². The Morgan fingerprint density at radius 3 is 2.08 bits per heavy atom. The third-order valence-corrected chi connectivity index (χ3v) is 5.48. The first-order valence-electron chi connectivity index (χ1n) is 9.11. The highest BCUT2D eigenvalue weighted by Gasteiger charge is 2.41. The smallest absolute Gasteiger partial charge is 0.238 e. The lowest BCUT2D eigenvalue weighted by atomic mass is 9.81. The molecule has 6 nitrogen and oxygen atoms in total. The Hall–Kier alpha value is -1.92. The van der Waals surface area contributed by atoms with Gasteiger partial charge in [0.15, 0.2) is 0 Å². The molecule has 1 aliphatic heterocycles. The number of nitriles is 2. The van der Waals surface area contributed by atoms with Crippen LogP contribution in [0.15, 0.2) is 0 Å². The molecule has 2 aliphatic rings. The van der Waals surface area contributed by atoms with Crippen molar-refractivity contribution in [3.8, 4) is 12.1 Å². The Bertz CT molecular complexity index is 580. The number of Topliss-reactive ketones (excluding diaryl/α,β-unsaturated/α-hetero) is 1. The van der Waals surface area contributed by atoms with Gasteiger partial charge in [-0.1, -0.05) is 33.6 Å². The molecular formula is C19H28N4O2. The summed E-state index contributed by atoms with van der Waals surface area (Å²) in [7, 11) is 0. The van der Waals surface area contributed by atoms with Gasteiger partial charge in [-0.05, 0) is 25.7 Å². The van der Waals surface area contributed by atoms with E-state index in [9.17, 15) is 20.1 Å². The average Bonchev–Trinajstić information content (AvgIpc) is 3.18. The molecule has 25 heavy (non-hydrogen) atoms. The molecular weight excluding hydrogens is 316 g/mol. The number of hydrogen-bond acceptors (Lipinski definition) is 5. The van der Waals surface area contributed by atoms with Crippen molar-refractivity contribution in [2.45, 2.75) is 83.3 Å². The van der Waals surface area contributed by atoms with Gasteiger partial charge in [0.1, 0.15) is 17.9 Å². The van der Waals surface area contributed by atoms with Gasteiger partial charge in [0.05, 0.1) is 18.7 Å². The van der Waals surface area contributed by atoms with E-state index >= 15 is 0 Å². The maximum Gasteiger partial charge on any atom is 0.238 e. The van der Waals surface area contributed by atoms with Crippen molar-refractivity contribution in [1.82, 2.24) is 10.2 Å². The van der Waals surface area contributed by atoms with Gasteiger partial charge >= 0.3 is 0 Å². The van der Waals surface area contributed by atoms with Gasteiger partial charge in [0.25, 0.3) is 0 Å². The van der Waals surface area contributed by atoms with Gasteiger partial charge in [-0.15, -0.1) is 0 Å². The summed E-state index contributed by atoms with van der Waals surface area (Å²) in [6.45, 7) is 5.83. The van der Waals surface area contributed by atoms with Crippen LogP contribution in [0.2, 0.25) is 0 Å². The molecule has 0 aromatic heterocycles. The molecule has 2 atom stereocenters. The number of rotatable bonds is 5. The Balaban J connectivity index is 2.04. The Labute approximate surface area is 150 Å². The minimum absolute atomic E-state index is 0.0772. The van der Waals surface area contributed by atoms with Crippen molar-refractivity contribution >= 4 is 11.7 Å². The minimum Gasteiger partial charge on any atom is -0.310 e. The topological polar surface area (TPSA) is 97.0 Å². The molecule has 1 saturated carbocycles. The number of hydrogen-bond donors (Lipinski definition) is 1. The highest BCUT2D eigenvalue weighted by atomic mass is 16.2. The van der Waals surface area contributed by atoms with Crippen LogP contribution in [-0.4, -0.2) is 40.8 Å². The summed E-state index contributed by atoms with van der Waals surface area (Å²) in [6, 6.07) is 3.20. The van der Waals surface area contributed by atoms with Crippen molar-refractivity contribution in [2.75, 3.05) is 6.54 Å². The molecule has 0 radical (unpaired) electrons. The number of carbonyl (C=O) groups excluding carboxylic acids is 2. The van der Waals surface area contributed by atoms with Gasteiger partial charge in [-0.3, -0.25) is 9.59 Å². The van der Waals surface area contributed by atoms with Gasteiger partial charge < -0.3 is 10.2 Å². The fourth-order valence-electron chi connectivity index (χ4n) is 3.81. The first-order valence-corrected chi connectivity index (χ1v) is 9.11. The molecule has 2 rings (SSSR count). The monoisotopic (exact) mass is 344 g/mol. The van der Waals surface area contributed by atoms with Gasteiger partial charge in [-0.25, -0.2) is 0 Å². The molecule has 0 bridgehead atoms. The Morgan fingerprint density at radius 2 is 1.64 bits per heavy atom. The number of likely N-dealkylation sites (tertiary alicyclic amines) is 1. The molecule has 1 aliphatic carbocycles. The molecule has 136 valence electrons. The number of ketones is 1. The second kappa shape index (κ2) is 7.54. The van der Waals surface area contributed by atoms with Crippen molar-refractivity contribution in [2.24, 2.45) is 5.41 Å². The van der Waals surface area contributed by atoms with E-state index in [0.29, 0.717) is 19.3 Å². The zero-order valence-corrected chi connectivity index (χ0v) is 15.5. The second-order valence-electron chi connectivity index (χ2n) is 8.36. The average molecular weight is 344 g/mol. The third-order valence-electron chi connectivity index (χ3n) is 5.48. The molecule has 1 saturated heterocycles. The van der Waals surface area contributed by atoms with Gasteiger partial charge in [0, 0.05) is 17.4 Å². The molecule has 1 N–H and O–H groups in total. The van der Waals surface area contributed by atoms with E-state index in [1.807, 2.05) is 20.8 Å². The molecule has 1 amide bonds. The first-order chi connectivity index (χ1) is 11.7. The van der Waals surface area contributed by atoms with E-state index in [4.69, 9.17) is 0 Å². The number of amides is 1. The zero-order valence-electron chi connectivity index (χ0n) is 15.5. The highest BCUT2D eigenvalue weighted by Crippen LogP contribution is 2.35. The second-order valence-corrected chi connectivity index (χ2v) is 8.36. The predicted octanol–water partition coefficient (Wildman–Crippen LogP) is 2.30. The predicted molar refractivity (Wildman–Crippen MR) is 93.2 cm³/mol. The lowest BCUT2D eigenvalue weighted by Crippen LogP contribution is -2.52. The first kappa shape index (κ1) is 19.4. The van der Waals surface area contributed by atoms with Crippen LogP contribution >= 0.6 is 0 Å². The van der Waals surface area contributed by atoms with Crippen molar-refractivity contribution in [3.63, 3.8) is 0 Å². The van der Waals surface area contributed by atoms with Crippen LogP contribution in [0.1, 0.15) is 65.7 Å². The summed E-state index contributed by atoms with van der Waals surface area (Å²) in [5.41, 5.74) is -0.724. The molecule has 6 heteroatoms. The zero-order chi connectivity index (χ0) is 18.7. The normalized spacial score (nSPS) is 25.4. The van der Waals surface area contributed by atoms with E-state index in [2.05, 4.69) is 17.5 Å². The molecule has 2 fully saturated rings. The van der Waals surface area contributed by atoms with E-state index in [1.165, 1.54) is 4.90 Å². The van der Waals surface area contributed by atoms with Crippen LogP contribution in [0, 0.1) is 28.1 Å². The minimum atomic E-state index is -0.519. The van der Waals surface area contributed by atoms with Crippen LogP contribution in [0.5, 0.6) is 0 Å². The van der Waals surface area contributed by atoms with Gasteiger partial charge in [0.2, 0.25) is 5.91 Å². The van der Waals surface area contributed by atoms with Crippen molar-refractivity contribution in [1.29, 1.82) is 10.5 Å². The van der Waals surface area contributed by atoms with Gasteiger partial charge in [-0.2, -0.15) is 10.5 Å². The Morgan fingerprint density at radius 1 is 1.12 bits per heavy atom.